The minimum atomic E-state index is -3.02. The fourth-order valence-electron chi connectivity index (χ4n) is 1.96. The van der Waals surface area contributed by atoms with E-state index in [9.17, 15) is 8.42 Å². The van der Waals surface area contributed by atoms with Gasteiger partial charge in [0.15, 0.2) is 9.84 Å². The summed E-state index contributed by atoms with van der Waals surface area (Å²) in [5, 5.41) is 3.32. The van der Waals surface area contributed by atoms with E-state index in [2.05, 4.69) is 5.32 Å². The van der Waals surface area contributed by atoms with Crippen LogP contribution in [0.5, 0.6) is 11.5 Å². The number of rotatable bonds is 9. The molecule has 0 spiro atoms. The Hall–Kier alpha value is -1.27. The molecule has 0 radical (unpaired) electrons. The van der Waals surface area contributed by atoms with E-state index in [1.807, 2.05) is 26.0 Å². The smallest absolute Gasteiger partial charge is 0.153 e. The second kappa shape index (κ2) is 8.24. The molecular weight excluding hydrogens is 290 g/mol. The van der Waals surface area contributed by atoms with E-state index in [4.69, 9.17) is 9.47 Å². The SMILES string of the molecule is CCNC(C)c1ccc(OC)cc1OCCS(=O)(=O)CC. The van der Waals surface area contributed by atoms with Gasteiger partial charge >= 0.3 is 0 Å². The molecule has 1 atom stereocenters. The van der Waals surface area contributed by atoms with Crippen molar-refractivity contribution in [2.24, 2.45) is 0 Å². The van der Waals surface area contributed by atoms with Gasteiger partial charge in [0.05, 0.1) is 12.9 Å². The fraction of sp³-hybridized carbons (Fsp3) is 0.600. The van der Waals surface area contributed by atoms with Crippen LogP contribution >= 0.6 is 0 Å². The summed E-state index contributed by atoms with van der Waals surface area (Å²) in [7, 11) is -1.43. The molecule has 0 bridgehead atoms. The summed E-state index contributed by atoms with van der Waals surface area (Å²) in [6, 6.07) is 5.73. The van der Waals surface area contributed by atoms with E-state index in [0.717, 1.165) is 12.1 Å². The molecule has 0 aliphatic rings. The van der Waals surface area contributed by atoms with E-state index >= 15 is 0 Å². The van der Waals surface area contributed by atoms with E-state index in [1.54, 1.807) is 20.1 Å². The minimum Gasteiger partial charge on any atom is -0.497 e. The summed E-state index contributed by atoms with van der Waals surface area (Å²) < 4.78 is 33.9. The largest absolute Gasteiger partial charge is 0.497 e. The molecule has 0 aliphatic carbocycles. The van der Waals surface area contributed by atoms with Crippen molar-refractivity contribution in [1.29, 1.82) is 0 Å². The highest BCUT2D eigenvalue weighted by Gasteiger charge is 2.14. The topological polar surface area (TPSA) is 64.6 Å². The third kappa shape index (κ3) is 5.55. The first-order valence-electron chi connectivity index (χ1n) is 7.18. The Morgan fingerprint density at radius 1 is 1.29 bits per heavy atom. The Labute approximate surface area is 127 Å². The molecule has 0 heterocycles. The Morgan fingerprint density at radius 2 is 2.00 bits per heavy atom. The van der Waals surface area contributed by atoms with Crippen LogP contribution in [-0.2, 0) is 9.84 Å². The lowest BCUT2D eigenvalue weighted by Crippen LogP contribution is -2.20. The lowest BCUT2D eigenvalue weighted by atomic mass is 10.1. The monoisotopic (exact) mass is 315 g/mol. The highest BCUT2D eigenvalue weighted by atomic mass is 32.2. The molecule has 1 aromatic rings. The summed E-state index contributed by atoms with van der Waals surface area (Å²) in [5.74, 6) is 1.51. The van der Waals surface area contributed by atoms with Crippen LogP contribution in [0.1, 0.15) is 32.4 Å². The Morgan fingerprint density at radius 3 is 2.57 bits per heavy atom. The van der Waals surface area contributed by atoms with Gasteiger partial charge in [0.25, 0.3) is 0 Å². The van der Waals surface area contributed by atoms with Crippen LogP contribution in [0.3, 0.4) is 0 Å². The van der Waals surface area contributed by atoms with Crippen LogP contribution in [0.2, 0.25) is 0 Å². The first-order chi connectivity index (χ1) is 9.93. The average molecular weight is 315 g/mol. The van der Waals surface area contributed by atoms with Gasteiger partial charge in [0.2, 0.25) is 0 Å². The molecule has 6 heteroatoms. The van der Waals surface area contributed by atoms with Gasteiger partial charge in [-0.25, -0.2) is 8.42 Å². The Bertz CT molecular complexity index is 543. The van der Waals surface area contributed by atoms with Gasteiger partial charge in [-0.1, -0.05) is 19.9 Å². The molecule has 1 N–H and O–H groups in total. The maximum Gasteiger partial charge on any atom is 0.153 e. The molecular formula is C15H25NO4S. The van der Waals surface area contributed by atoms with Crippen molar-refractivity contribution in [1.82, 2.24) is 5.32 Å². The van der Waals surface area contributed by atoms with E-state index < -0.39 is 9.84 Å². The Balaban J connectivity index is 2.86. The molecule has 0 fully saturated rings. The highest BCUT2D eigenvalue weighted by molar-refractivity contribution is 7.91. The predicted octanol–water partition coefficient (Wildman–Crippen LogP) is 2.18. The second-order valence-electron chi connectivity index (χ2n) is 4.77. The predicted molar refractivity (Wildman–Crippen MR) is 84.9 cm³/mol. The zero-order chi connectivity index (χ0) is 15.9. The molecule has 1 aromatic carbocycles. The number of sulfone groups is 1. The number of methoxy groups -OCH3 is 1. The number of ether oxygens (including phenoxy) is 2. The molecule has 0 aromatic heterocycles. The normalized spacial score (nSPS) is 13.0. The standard InChI is InChI=1S/C15H25NO4S/c1-5-16-12(3)14-8-7-13(19-4)11-15(14)20-9-10-21(17,18)6-2/h7-8,11-12,16H,5-6,9-10H2,1-4H3. The van der Waals surface area contributed by atoms with Gasteiger partial charge < -0.3 is 14.8 Å². The first-order valence-corrected chi connectivity index (χ1v) is 9.00. The molecule has 21 heavy (non-hydrogen) atoms. The number of nitrogens with one attached hydrogen (secondary N) is 1. The van der Waals surface area contributed by atoms with Gasteiger partial charge in [-0.15, -0.1) is 0 Å². The molecule has 0 amide bonds. The molecule has 120 valence electrons. The van der Waals surface area contributed by atoms with Gasteiger partial charge in [-0.2, -0.15) is 0 Å². The van der Waals surface area contributed by atoms with Gasteiger partial charge in [0, 0.05) is 23.4 Å². The van der Waals surface area contributed by atoms with Gasteiger partial charge in [0.1, 0.15) is 18.1 Å². The molecule has 1 rings (SSSR count). The molecule has 0 saturated heterocycles. The van der Waals surface area contributed by atoms with Crippen LogP contribution in [-0.4, -0.2) is 40.2 Å². The molecule has 5 nitrogen and oxygen atoms in total. The molecule has 0 aliphatic heterocycles. The third-order valence-electron chi connectivity index (χ3n) is 3.29. The second-order valence-corrected chi connectivity index (χ2v) is 7.24. The summed E-state index contributed by atoms with van der Waals surface area (Å²) in [4.78, 5) is 0. The Kier molecular flexibility index (Phi) is 6.98. The third-order valence-corrected chi connectivity index (χ3v) is 4.96. The van der Waals surface area contributed by atoms with Crippen LogP contribution in [0.4, 0.5) is 0 Å². The van der Waals surface area contributed by atoms with Crippen LogP contribution in [0.25, 0.3) is 0 Å². The number of hydrogen-bond donors (Lipinski definition) is 1. The average Bonchev–Trinajstić information content (AvgIpc) is 2.47. The summed E-state index contributed by atoms with van der Waals surface area (Å²) in [6.07, 6.45) is 0. The van der Waals surface area contributed by atoms with E-state index in [1.165, 1.54) is 0 Å². The highest BCUT2D eigenvalue weighted by Crippen LogP contribution is 2.29. The van der Waals surface area contributed by atoms with Crippen LogP contribution < -0.4 is 14.8 Å². The van der Waals surface area contributed by atoms with Crippen molar-refractivity contribution in [3.63, 3.8) is 0 Å². The molecule has 1 unspecified atom stereocenters. The maximum absolute atomic E-state index is 11.5. The van der Waals surface area contributed by atoms with Gasteiger partial charge in [-0.05, 0) is 19.5 Å². The quantitative estimate of drug-likeness (QED) is 0.756. The van der Waals surface area contributed by atoms with Crippen LogP contribution in [0.15, 0.2) is 18.2 Å². The van der Waals surface area contributed by atoms with E-state index in [0.29, 0.717) is 11.5 Å². The first kappa shape index (κ1) is 17.8. The zero-order valence-electron chi connectivity index (χ0n) is 13.2. The summed E-state index contributed by atoms with van der Waals surface area (Å²) >= 11 is 0. The van der Waals surface area contributed by atoms with Crippen LogP contribution in [0, 0.1) is 0 Å². The van der Waals surface area contributed by atoms with Crippen molar-refractivity contribution >= 4 is 9.84 Å². The van der Waals surface area contributed by atoms with Gasteiger partial charge in [-0.3, -0.25) is 0 Å². The van der Waals surface area contributed by atoms with Crippen molar-refractivity contribution in [2.45, 2.75) is 26.8 Å². The van der Waals surface area contributed by atoms with E-state index in [-0.39, 0.29) is 24.2 Å². The maximum atomic E-state index is 11.5. The summed E-state index contributed by atoms with van der Waals surface area (Å²) in [6.45, 7) is 6.71. The van der Waals surface area contributed by atoms with Crippen molar-refractivity contribution in [3.8, 4) is 11.5 Å². The lowest BCUT2D eigenvalue weighted by molar-refractivity contribution is 0.329. The lowest BCUT2D eigenvalue weighted by Gasteiger charge is -2.18. The number of benzene rings is 1. The van der Waals surface area contributed by atoms with Crippen molar-refractivity contribution in [3.05, 3.63) is 23.8 Å². The fourth-order valence-corrected chi connectivity index (χ4v) is 2.59. The summed E-state index contributed by atoms with van der Waals surface area (Å²) in [5.41, 5.74) is 0.992. The van der Waals surface area contributed by atoms with Crippen molar-refractivity contribution in [2.75, 3.05) is 31.8 Å². The zero-order valence-corrected chi connectivity index (χ0v) is 14.0. The van der Waals surface area contributed by atoms with Crippen molar-refractivity contribution < 1.29 is 17.9 Å². The minimum absolute atomic E-state index is 0.0235. The number of hydrogen-bond acceptors (Lipinski definition) is 5. The molecule has 0 saturated carbocycles.